The summed E-state index contributed by atoms with van der Waals surface area (Å²) in [5.74, 6) is -0.510. The monoisotopic (exact) mass is 462 g/mol. The van der Waals surface area contributed by atoms with Crippen molar-refractivity contribution in [3.8, 4) is 0 Å². The first-order chi connectivity index (χ1) is 15.4. The lowest BCUT2D eigenvalue weighted by atomic mass is 10.0. The topological polar surface area (TPSA) is 84.0 Å². The Hall–Kier alpha value is -2.40. The van der Waals surface area contributed by atoms with Gasteiger partial charge in [-0.2, -0.15) is 0 Å². The van der Waals surface area contributed by atoms with Crippen LogP contribution in [0.3, 0.4) is 0 Å². The molecule has 172 valence electrons. The van der Waals surface area contributed by atoms with Crippen LogP contribution in [0.2, 0.25) is 0 Å². The summed E-state index contributed by atoms with van der Waals surface area (Å²) in [5, 5.41) is 3.36. The third-order valence-electron chi connectivity index (χ3n) is 5.56. The van der Waals surface area contributed by atoms with E-state index >= 15 is 0 Å². The molecular formula is C22H27FN4O4S. The van der Waals surface area contributed by atoms with Gasteiger partial charge in [-0.25, -0.2) is 9.37 Å². The molecule has 2 amide bonds. The van der Waals surface area contributed by atoms with Gasteiger partial charge in [0.05, 0.1) is 26.4 Å². The Bertz CT molecular complexity index is 948. The minimum atomic E-state index is -0.973. The molecule has 1 atom stereocenters. The van der Waals surface area contributed by atoms with Gasteiger partial charge in [-0.3, -0.25) is 14.5 Å². The molecule has 2 saturated heterocycles. The van der Waals surface area contributed by atoms with Crippen molar-refractivity contribution < 1.29 is 23.5 Å². The average Bonchev–Trinajstić information content (AvgIpc) is 3.22. The van der Waals surface area contributed by atoms with Gasteiger partial charge in [0.25, 0.3) is 5.91 Å². The SMILES string of the molecule is C[C@@]1(C(=O)N2CCOCC2)CN(CC(=O)Nc2ncc(Cc3ccc(F)cc3)s2)CCO1. The summed E-state index contributed by atoms with van der Waals surface area (Å²) in [6.45, 7) is 5.44. The van der Waals surface area contributed by atoms with Gasteiger partial charge in [-0.05, 0) is 24.6 Å². The van der Waals surface area contributed by atoms with Gasteiger partial charge in [0.2, 0.25) is 5.91 Å². The summed E-state index contributed by atoms with van der Waals surface area (Å²) in [7, 11) is 0. The van der Waals surface area contributed by atoms with Crippen molar-refractivity contribution in [3.05, 3.63) is 46.7 Å². The highest BCUT2D eigenvalue weighted by Crippen LogP contribution is 2.23. The Balaban J connectivity index is 1.29. The average molecular weight is 463 g/mol. The van der Waals surface area contributed by atoms with E-state index in [4.69, 9.17) is 9.47 Å². The standard InChI is InChI=1S/C22H27FN4O4S/c1-22(20(29)27-7-9-30-10-8-27)15-26(6-11-31-22)14-19(28)25-21-24-13-18(32-21)12-16-2-4-17(23)5-3-16/h2-5,13H,6-12,14-15H2,1H3,(H,24,25,28)/t22-/m0/s1. The number of halogens is 1. The number of carbonyl (C=O) groups is 2. The third-order valence-corrected chi connectivity index (χ3v) is 6.48. The van der Waals surface area contributed by atoms with Crippen LogP contribution in [0.1, 0.15) is 17.4 Å². The second-order valence-corrected chi connectivity index (χ2v) is 9.29. The molecule has 0 aliphatic carbocycles. The largest absolute Gasteiger partial charge is 0.378 e. The molecule has 2 aromatic rings. The summed E-state index contributed by atoms with van der Waals surface area (Å²) in [6, 6.07) is 6.33. The summed E-state index contributed by atoms with van der Waals surface area (Å²) < 4.78 is 24.2. The highest BCUT2D eigenvalue weighted by atomic mass is 32.1. The molecule has 1 N–H and O–H groups in total. The highest BCUT2D eigenvalue weighted by molar-refractivity contribution is 7.15. The van der Waals surface area contributed by atoms with E-state index in [1.54, 1.807) is 30.2 Å². The predicted octanol–water partition coefficient (Wildman–Crippen LogP) is 1.76. The number of nitrogens with zero attached hydrogens (tertiary/aromatic N) is 3. The van der Waals surface area contributed by atoms with E-state index in [0.29, 0.717) is 57.6 Å². The van der Waals surface area contributed by atoms with Crippen LogP contribution in [0.25, 0.3) is 0 Å². The van der Waals surface area contributed by atoms with E-state index in [9.17, 15) is 14.0 Å². The van der Waals surface area contributed by atoms with Crippen molar-refractivity contribution in [1.82, 2.24) is 14.8 Å². The van der Waals surface area contributed by atoms with Crippen LogP contribution in [-0.2, 0) is 25.5 Å². The molecular weight excluding hydrogens is 435 g/mol. The zero-order chi connectivity index (χ0) is 22.6. The Morgan fingerprint density at radius 3 is 2.69 bits per heavy atom. The van der Waals surface area contributed by atoms with Crippen LogP contribution in [0.5, 0.6) is 0 Å². The number of nitrogens with one attached hydrogen (secondary N) is 1. The maximum absolute atomic E-state index is 13.1. The van der Waals surface area contributed by atoms with Crippen LogP contribution in [0.4, 0.5) is 9.52 Å². The first-order valence-corrected chi connectivity index (χ1v) is 11.5. The third kappa shape index (κ3) is 5.69. The number of rotatable bonds is 6. The number of aromatic nitrogens is 1. The van der Waals surface area contributed by atoms with Gasteiger partial charge >= 0.3 is 0 Å². The molecule has 0 spiro atoms. The van der Waals surface area contributed by atoms with E-state index in [1.165, 1.54) is 23.5 Å². The van der Waals surface area contributed by atoms with Gasteiger partial charge < -0.3 is 19.7 Å². The van der Waals surface area contributed by atoms with E-state index in [-0.39, 0.29) is 24.2 Å². The number of hydrogen-bond acceptors (Lipinski definition) is 7. The number of thiazole rings is 1. The fraction of sp³-hybridized carbons (Fsp3) is 0.500. The van der Waals surface area contributed by atoms with Crippen molar-refractivity contribution in [3.63, 3.8) is 0 Å². The quantitative estimate of drug-likeness (QED) is 0.705. The highest BCUT2D eigenvalue weighted by Gasteiger charge is 2.42. The van der Waals surface area contributed by atoms with Crippen LogP contribution in [-0.4, -0.2) is 84.7 Å². The Labute approximate surface area is 190 Å². The fourth-order valence-electron chi connectivity index (χ4n) is 3.93. The molecule has 3 heterocycles. The first-order valence-electron chi connectivity index (χ1n) is 10.6. The van der Waals surface area contributed by atoms with E-state index < -0.39 is 5.60 Å². The summed E-state index contributed by atoms with van der Waals surface area (Å²) in [4.78, 5) is 34.5. The van der Waals surface area contributed by atoms with E-state index in [1.807, 2.05) is 4.90 Å². The maximum atomic E-state index is 13.1. The summed E-state index contributed by atoms with van der Waals surface area (Å²) in [5.41, 5.74) is 0.00444. The molecule has 0 radical (unpaired) electrons. The molecule has 0 saturated carbocycles. The molecule has 10 heteroatoms. The van der Waals surface area contributed by atoms with Crippen molar-refractivity contribution in [2.45, 2.75) is 18.9 Å². The molecule has 2 fully saturated rings. The van der Waals surface area contributed by atoms with Crippen molar-refractivity contribution >= 4 is 28.3 Å². The Morgan fingerprint density at radius 1 is 1.19 bits per heavy atom. The molecule has 32 heavy (non-hydrogen) atoms. The fourth-order valence-corrected chi connectivity index (χ4v) is 4.79. The minimum absolute atomic E-state index is 0.0590. The summed E-state index contributed by atoms with van der Waals surface area (Å²) >= 11 is 1.39. The molecule has 1 aromatic carbocycles. The van der Waals surface area contributed by atoms with Gasteiger partial charge in [0, 0.05) is 43.7 Å². The van der Waals surface area contributed by atoms with Crippen LogP contribution < -0.4 is 5.32 Å². The second-order valence-electron chi connectivity index (χ2n) is 8.18. The Morgan fingerprint density at radius 2 is 1.94 bits per heavy atom. The molecule has 0 unspecified atom stereocenters. The molecule has 8 nitrogen and oxygen atoms in total. The van der Waals surface area contributed by atoms with Crippen molar-refractivity contribution in [2.75, 3.05) is 57.9 Å². The number of anilines is 1. The van der Waals surface area contributed by atoms with E-state index in [0.717, 1.165) is 10.4 Å². The van der Waals surface area contributed by atoms with Crippen LogP contribution >= 0.6 is 11.3 Å². The number of ether oxygens (including phenoxy) is 2. The molecule has 1 aromatic heterocycles. The smallest absolute Gasteiger partial charge is 0.256 e. The van der Waals surface area contributed by atoms with Crippen LogP contribution in [0.15, 0.2) is 30.5 Å². The lowest BCUT2D eigenvalue weighted by Gasteiger charge is -2.42. The Kier molecular flexibility index (Phi) is 7.14. The zero-order valence-corrected chi connectivity index (χ0v) is 18.8. The number of morpholine rings is 2. The number of carbonyl (C=O) groups excluding carboxylic acids is 2. The van der Waals surface area contributed by atoms with Gasteiger partial charge in [0.15, 0.2) is 10.7 Å². The number of hydrogen-bond donors (Lipinski definition) is 1. The second kappa shape index (κ2) is 10.0. The van der Waals surface area contributed by atoms with E-state index in [2.05, 4.69) is 10.3 Å². The van der Waals surface area contributed by atoms with Crippen LogP contribution in [0, 0.1) is 5.82 Å². The van der Waals surface area contributed by atoms with Crippen molar-refractivity contribution in [2.24, 2.45) is 0 Å². The number of benzene rings is 1. The van der Waals surface area contributed by atoms with Gasteiger partial charge in [0.1, 0.15) is 5.82 Å². The molecule has 2 aliphatic heterocycles. The van der Waals surface area contributed by atoms with Gasteiger partial charge in [-0.1, -0.05) is 12.1 Å². The molecule has 4 rings (SSSR count). The zero-order valence-electron chi connectivity index (χ0n) is 18.0. The predicted molar refractivity (Wildman–Crippen MR) is 118 cm³/mol. The summed E-state index contributed by atoms with van der Waals surface area (Å²) in [6.07, 6.45) is 2.34. The lowest BCUT2D eigenvalue weighted by Crippen LogP contribution is -2.61. The maximum Gasteiger partial charge on any atom is 0.256 e. The number of amides is 2. The normalized spacial score (nSPS) is 22.0. The minimum Gasteiger partial charge on any atom is -0.378 e. The molecule has 2 aliphatic rings. The van der Waals surface area contributed by atoms with Gasteiger partial charge in [-0.15, -0.1) is 11.3 Å². The van der Waals surface area contributed by atoms with Crippen molar-refractivity contribution in [1.29, 1.82) is 0 Å². The molecule has 0 bridgehead atoms. The first kappa shape index (κ1) is 22.8. The lowest BCUT2D eigenvalue weighted by molar-refractivity contribution is -0.171.